The van der Waals surface area contributed by atoms with Gasteiger partial charge in [-0.2, -0.15) is 0 Å². The summed E-state index contributed by atoms with van der Waals surface area (Å²) in [5.74, 6) is 0.908. The van der Waals surface area contributed by atoms with Gasteiger partial charge in [0.1, 0.15) is 0 Å². The van der Waals surface area contributed by atoms with Gasteiger partial charge >= 0.3 is 0 Å². The summed E-state index contributed by atoms with van der Waals surface area (Å²) in [5.41, 5.74) is 4.79. The van der Waals surface area contributed by atoms with Crippen LogP contribution in [0, 0.1) is 0 Å². The summed E-state index contributed by atoms with van der Waals surface area (Å²) >= 11 is 0. The van der Waals surface area contributed by atoms with E-state index in [4.69, 9.17) is 9.72 Å². The number of rotatable bonds is 7. The SMILES string of the molecule is CN1C(=O)C2(CCN(C3CC3)CC2)c2c1cnc1ccc(-c3ccc(OCCCN4CCCCC4)nc3)cc21. The highest BCUT2D eigenvalue weighted by Gasteiger charge is 2.53. The number of benzene rings is 1. The molecule has 7 rings (SSSR count). The molecule has 5 heterocycles. The second kappa shape index (κ2) is 10.2. The van der Waals surface area contributed by atoms with Crippen LogP contribution in [0.5, 0.6) is 5.88 Å². The molecule has 2 saturated heterocycles. The van der Waals surface area contributed by atoms with Crippen LogP contribution < -0.4 is 9.64 Å². The van der Waals surface area contributed by atoms with Crippen LogP contribution in [0.4, 0.5) is 5.69 Å². The van der Waals surface area contributed by atoms with Crippen molar-refractivity contribution in [2.75, 3.05) is 51.3 Å². The Morgan fingerprint density at radius 2 is 1.74 bits per heavy atom. The minimum Gasteiger partial charge on any atom is -0.478 e. The van der Waals surface area contributed by atoms with Crippen molar-refractivity contribution in [1.82, 2.24) is 19.8 Å². The van der Waals surface area contributed by atoms with E-state index in [1.54, 1.807) is 0 Å². The van der Waals surface area contributed by atoms with Crippen LogP contribution in [-0.2, 0) is 10.2 Å². The lowest BCUT2D eigenvalue weighted by Gasteiger charge is -2.38. The molecule has 7 nitrogen and oxygen atoms in total. The third-order valence-electron chi connectivity index (χ3n) is 9.50. The number of likely N-dealkylation sites (N-methyl/N-ethyl adjacent to an activating group) is 1. The average molecular weight is 526 g/mol. The number of hydrogen-bond donors (Lipinski definition) is 0. The molecule has 1 aliphatic carbocycles. The van der Waals surface area contributed by atoms with Crippen molar-refractivity contribution in [2.45, 2.75) is 62.8 Å². The molecule has 1 amide bonds. The first kappa shape index (κ1) is 25.0. The van der Waals surface area contributed by atoms with Crippen LogP contribution in [0.25, 0.3) is 22.0 Å². The number of carbonyl (C=O) groups is 1. The maximum Gasteiger partial charge on any atom is 0.237 e. The highest BCUT2D eigenvalue weighted by atomic mass is 16.5. The number of piperidine rings is 2. The first-order valence-electron chi connectivity index (χ1n) is 14.9. The number of anilines is 1. The fourth-order valence-corrected chi connectivity index (χ4v) is 7.12. The lowest BCUT2D eigenvalue weighted by Crippen LogP contribution is -2.48. The molecule has 0 atom stereocenters. The van der Waals surface area contributed by atoms with E-state index in [-0.39, 0.29) is 5.91 Å². The topological polar surface area (TPSA) is 61.8 Å². The predicted molar refractivity (Wildman–Crippen MR) is 154 cm³/mol. The van der Waals surface area contributed by atoms with E-state index >= 15 is 0 Å². The number of pyridine rings is 2. The molecule has 2 aromatic heterocycles. The van der Waals surface area contributed by atoms with E-state index in [0.717, 1.165) is 72.7 Å². The van der Waals surface area contributed by atoms with E-state index in [9.17, 15) is 4.79 Å². The van der Waals surface area contributed by atoms with Gasteiger partial charge in [-0.25, -0.2) is 4.98 Å². The molecule has 3 fully saturated rings. The van der Waals surface area contributed by atoms with Crippen LogP contribution in [-0.4, -0.2) is 78.1 Å². The zero-order valence-electron chi connectivity index (χ0n) is 23.1. The monoisotopic (exact) mass is 525 g/mol. The van der Waals surface area contributed by atoms with Crippen LogP contribution in [0.1, 0.15) is 56.9 Å². The van der Waals surface area contributed by atoms with Gasteiger partial charge in [-0.15, -0.1) is 0 Å². The molecule has 0 N–H and O–H groups in total. The van der Waals surface area contributed by atoms with Crippen molar-refractivity contribution in [1.29, 1.82) is 0 Å². The van der Waals surface area contributed by atoms with E-state index in [1.807, 2.05) is 30.4 Å². The molecule has 7 heteroatoms. The molecule has 0 radical (unpaired) electrons. The fourth-order valence-electron chi connectivity index (χ4n) is 7.12. The molecular weight excluding hydrogens is 486 g/mol. The summed E-state index contributed by atoms with van der Waals surface area (Å²) in [6.45, 7) is 6.24. The van der Waals surface area contributed by atoms with E-state index < -0.39 is 5.41 Å². The standard InChI is InChI=1S/C32H39N5O2/c1-35-28-22-33-27-10-6-23(24-7-11-29(34-21-24)39-19-5-16-36-14-3-2-4-15-36)20-26(27)30(28)32(31(35)38)12-17-37(18-13-32)25-8-9-25/h6-7,10-11,20-22,25H,2-5,8-9,12-19H2,1H3. The van der Waals surface area contributed by atoms with Crippen molar-refractivity contribution >= 4 is 22.5 Å². The summed E-state index contributed by atoms with van der Waals surface area (Å²) in [7, 11) is 1.91. The highest BCUT2D eigenvalue weighted by Crippen LogP contribution is 2.51. The van der Waals surface area contributed by atoms with Crippen molar-refractivity contribution < 1.29 is 9.53 Å². The number of ether oxygens (including phenoxy) is 1. The first-order valence-corrected chi connectivity index (χ1v) is 14.9. The predicted octanol–water partition coefficient (Wildman–Crippen LogP) is 5.02. The summed E-state index contributed by atoms with van der Waals surface area (Å²) in [6, 6.07) is 11.2. The van der Waals surface area contributed by atoms with E-state index in [1.165, 1.54) is 50.8 Å². The number of nitrogens with zero attached hydrogens (tertiary/aromatic N) is 5. The molecular formula is C32H39N5O2. The summed E-state index contributed by atoms with van der Waals surface area (Å²) in [6.07, 6.45) is 13.2. The molecule has 1 saturated carbocycles. The summed E-state index contributed by atoms with van der Waals surface area (Å²) in [5, 5.41) is 1.10. The smallest absolute Gasteiger partial charge is 0.237 e. The largest absolute Gasteiger partial charge is 0.478 e. The van der Waals surface area contributed by atoms with Gasteiger partial charge in [-0.1, -0.05) is 12.5 Å². The molecule has 0 bridgehead atoms. The van der Waals surface area contributed by atoms with Crippen molar-refractivity contribution in [2.24, 2.45) is 0 Å². The quantitative estimate of drug-likeness (QED) is 0.404. The minimum atomic E-state index is -0.445. The normalized spacial score (nSPS) is 21.6. The maximum atomic E-state index is 13.7. The molecule has 1 spiro atoms. The molecule has 4 aliphatic rings. The number of aromatic nitrogens is 2. The number of likely N-dealkylation sites (tertiary alicyclic amines) is 2. The second-order valence-electron chi connectivity index (χ2n) is 12.0. The van der Waals surface area contributed by atoms with Gasteiger partial charge in [0.2, 0.25) is 11.8 Å². The number of amides is 1. The Kier molecular flexibility index (Phi) is 6.52. The molecule has 204 valence electrons. The molecule has 39 heavy (non-hydrogen) atoms. The van der Waals surface area contributed by atoms with Gasteiger partial charge in [-0.05, 0) is 94.9 Å². The number of fused-ring (bicyclic) bond motifs is 4. The Hall–Kier alpha value is -3.03. The Morgan fingerprint density at radius 1 is 0.949 bits per heavy atom. The zero-order chi connectivity index (χ0) is 26.4. The summed E-state index contributed by atoms with van der Waals surface area (Å²) < 4.78 is 5.95. The van der Waals surface area contributed by atoms with Crippen molar-refractivity contribution in [3.63, 3.8) is 0 Å². The molecule has 3 aliphatic heterocycles. The Labute approximate surface area is 231 Å². The van der Waals surface area contributed by atoms with Crippen LogP contribution >= 0.6 is 0 Å². The van der Waals surface area contributed by atoms with Gasteiger partial charge in [0, 0.05) is 48.4 Å². The third-order valence-corrected chi connectivity index (χ3v) is 9.50. The van der Waals surface area contributed by atoms with Gasteiger partial charge in [0.25, 0.3) is 0 Å². The van der Waals surface area contributed by atoms with E-state index in [2.05, 4.69) is 39.0 Å². The summed E-state index contributed by atoms with van der Waals surface area (Å²) in [4.78, 5) is 30.1. The fraction of sp³-hybridized carbons (Fsp3) is 0.531. The van der Waals surface area contributed by atoms with Crippen LogP contribution in [0.15, 0.2) is 42.7 Å². The third kappa shape index (κ3) is 4.59. The Morgan fingerprint density at radius 3 is 2.49 bits per heavy atom. The van der Waals surface area contributed by atoms with Gasteiger partial charge in [0.05, 0.1) is 29.4 Å². The van der Waals surface area contributed by atoms with Crippen molar-refractivity contribution in [3.8, 4) is 17.0 Å². The van der Waals surface area contributed by atoms with Crippen LogP contribution in [0.2, 0.25) is 0 Å². The van der Waals surface area contributed by atoms with Crippen LogP contribution in [0.3, 0.4) is 0 Å². The number of carbonyl (C=O) groups excluding carboxylic acids is 1. The highest BCUT2D eigenvalue weighted by molar-refractivity contribution is 6.12. The first-order chi connectivity index (χ1) is 19.1. The van der Waals surface area contributed by atoms with Crippen molar-refractivity contribution in [3.05, 3.63) is 48.3 Å². The van der Waals surface area contributed by atoms with Gasteiger partial charge in [-0.3, -0.25) is 9.78 Å². The van der Waals surface area contributed by atoms with E-state index in [0.29, 0.717) is 12.5 Å². The van der Waals surface area contributed by atoms with Gasteiger partial charge in [0.15, 0.2) is 0 Å². The molecule has 0 unspecified atom stereocenters. The maximum absolute atomic E-state index is 13.7. The Bertz CT molecular complexity index is 1350. The molecule has 1 aromatic carbocycles. The average Bonchev–Trinajstić information content (AvgIpc) is 3.82. The Balaban J connectivity index is 1.11. The lowest BCUT2D eigenvalue weighted by atomic mass is 9.72. The lowest BCUT2D eigenvalue weighted by molar-refractivity contribution is -0.124. The zero-order valence-corrected chi connectivity index (χ0v) is 23.1. The number of hydrogen-bond acceptors (Lipinski definition) is 6. The molecule has 3 aromatic rings. The second-order valence-corrected chi connectivity index (χ2v) is 12.0. The minimum absolute atomic E-state index is 0.233. The van der Waals surface area contributed by atoms with Gasteiger partial charge < -0.3 is 19.4 Å².